The minimum atomic E-state index is -2.04. The van der Waals surface area contributed by atoms with Gasteiger partial charge in [0, 0.05) is 34.1 Å². The number of benzene rings is 8. The van der Waals surface area contributed by atoms with Gasteiger partial charge in [-0.15, -0.1) is 0 Å². The Morgan fingerprint density at radius 1 is 0.293 bits per heavy atom. The van der Waals surface area contributed by atoms with Crippen LogP contribution in [0.1, 0.15) is 22.3 Å². The fraction of sp³-hybridized carbons (Fsp3) is 0.148. The summed E-state index contributed by atoms with van der Waals surface area (Å²) in [5.41, 5.74) is 17.9. The predicted molar refractivity (Wildman–Crippen MR) is 257 cm³/mol. The van der Waals surface area contributed by atoms with Gasteiger partial charge in [-0.3, -0.25) is 0 Å². The maximum atomic E-state index is 2.55. The van der Waals surface area contributed by atoms with Crippen LogP contribution >= 0.6 is 0 Å². The summed E-state index contributed by atoms with van der Waals surface area (Å²) in [6.07, 6.45) is 0. The van der Waals surface area contributed by atoms with Gasteiger partial charge in [-0.1, -0.05) is 133 Å². The standard InChI is InChI=1S/C54H50N2Si2/c1-35-9-17-39(18-10-35)55(40-19-11-36(2)12-20-40)43-25-27-47-51(33-43)57(5,6)49-31-29-46-45(53(47)49)30-32-50-54(46)48-28-26-44(34-52(48)58(50,7)8)56(41-21-13-37(3)14-22-41)42-23-15-38(4)16-24-42/h9-34H,1-8H3. The lowest BCUT2D eigenvalue weighted by atomic mass is 9.92. The molecule has 0 fully saturated rings. The average Bonchev–Trinajstić information content (AvgIpc) is 3.60. The van der Waals surface area contributed by atoms with Gasteiger partial charge in [0.1, 0.15) is 16.1 Å². The Bertz CT molecular complexity index is 2610. The van der Waals surface area contributed by atoms with Crippen molar-refractivity contribution in [3.8, 4) is 22.3 Å². The Morgan fingerprint density at radius 2 is 0.569 bits per heavy atom. The maximum absolute atomic E-state index is 2.55. The van der Waals surface area contributed by atoms with Crippen molar-refractivity contribution < 1.29 is 0 Å². The Kier molecular flexibility index (Phi) is 8.35. The molecule has 2 aliphatic heterocycles. The SMILES string of the molecule is Cc1ccc(N(c2ccc(C)cc2)c2ccc3c(c2)[Si](C)(C)c2ccc4c5c(ccc4c2-3)[Si](C)(C)c2cc(N(c3ccc(C)cc3)c3ccc(C)cc3)ccc2-5)cc1. The van der Waals surface area contributed by atoms with E-state index in [1.807, 2.05) is 0 Å². The molecular weight excluding hydrogens is 733 g/mol. The van der Waals surface area contributed by atoms with Crippen molar-refractivity contribution in [2.45, 2.75) is 53.9 Å². The molecular formula is C54H50N2Si2. The van der Waals surface area contributed by atoms with Crippen LogP contribution in [0.3, 0.4) is 0 Å². The first-order valence-electron chi connectivity index (χ1n) is 20.7. The lowest BCUT2D eigenvalue weighted by Crippen LogP contribution is -2.49. The molecule has 2 nitrogen and oxygen atoms in total. The lowest BCUT2D eigenvalue weighted by Gasteiger charge is -2.27. The Labute approximate surface area is 346 Å². The lowest BCUT2D eigenvalue weighted by molar-refractivity contribution is 1.27. The molecule has 0 radical (unpaired) electrons. The zero-order valence-electron chi connectivity index (χ0n) is 34.9. The molecule has 2 heterocycles. The fourth-order valence-electron chi connectivity index (χ4n) is 9.80. The van der Waals surface area contributed by atoms with Crippen molar-refractivity contribution in [3.05, 3.63) is 180 Å². The molecule has 8 aromatic carbocycles. The molecule has 0 spiro atoms. The van der Waals surface area contributed by atoms with Gasteiger partial charge in [0.2, 0.25) is 0 Å². The number of rotatable bonds is 6. The van der Waals surface area contributed by atoms with Crippen molar-refractivity contribution >= 4 is 81.8 Å². The van der Waals surface area contributed by atoms with Crippen molar-refractivity contribution in [2.75, 3.05) is 9.80 Å². The molecule has 0 saturated heterocycles. The highest BCUT2D eigenvalue weighted by atomic mass is 28.3. The molecule has 10 rings (SSSR count). The van der Waals surface area contributed by atoms with Crippen LogP contribution in [0.2, 0.25) is 26.2 Å². The number of nitrogens with zero attached hydrogens (tertiary/aromatic N) is 2. The number of hydrogen-bond acceptors (Lipinski definition) is 2. The van der Waals surface area contributed by atoms with E-state index in [-0.39, 0.29) is 0 Å². The number of aryl methyl sites for hydroxylation is 4. The quantitative estimate of drug-likeness (QED) is 0.155. The van der Waals surface area contributed by atoms with E-state index < -0.39 is 16.1 Å². The molecule has 0 bridgehead atoms. The van der Waals surface area contributed by atoms with Gasteiger partial charge >= 0.3 is 0 Å². The molecule has 0 aliphatic carbocycles. The molecule has 8 aromatic rings. The van der Waals surface area contributed by atoms with Gasteiger partial charge in [0.15, 0.2) is 0 Å². The molecule has 58 heavy (non-hydrogen) atoms. The summed E-state index contributed by atoms with van der Waals surface area (Å²) in [6, 6.07) is 60.3. The third kappa shape index (κ3) is 5.65. The van der Waals surface area contributed by atoms with E-state index in [0.717, 1.165) is 0 Å². The summed E-state index contributed by atoms with van der Waals surface area (Å²) in [6.45, 7) is 18.8. The molecule has 0 atom stereocenters. The van der Waals surface area contributed by atoms with Crippen molar-refractivity contribution in [2.24, 2.45) is 0 Å². The summed E-state index contributed by atoms with van der Waals surface area (Å²) in [5, 5.41) is 8.90. The highest BCUT2D eigenvalue weighted by Gasteiger charge is 2.42. The molecule has 0 unspecified atom stereocenters. The number of fused-ring (bicyclic) bond motifs is 9. The molecule has 0 saturated carbocycles. The van der Waals surface area contributed by atoms with Crippen LogP contribution in [0.5, 0.6) is 0 Å². The van der Waals surface area contributed by atoms with E-state index in [1.54, 1.807) is 10.4 Å². The van der Waals surface area contributed by atoms with Gasteiger partial charge in [0.05, 0.1) is 0 Å². The van der Waals surface area contributed by atoms with Gasteiger partial charge in [0.25, 0.3) is 0 Å². The molecule has 2 aliphatic rings. The van der Waals surface area contributed by atoms with Crippen LogP contribution < -0.4 is 30.5 Å². The van der Waals surface area contributed by atoms with Crippen LogP contribution in [0.25, 0.3) is 33.0 Å². The Balaban J connectivity index is 1.11. The summed E-state index contributed by atoms with van der Waals surface area (Å²) in [4.78, 5) is 4.85. The van der Waals surface area contributed by atoms with E-state index in [4.69, 9.17) is 0 Å². The zero-order chi connectivity index (χ0) is 40.1. The average molecular weight is 783 g/mol. The fourth-order valence-corrected chi connectivity index (χ4v) is 16.0. The van der Waals surface area contributed by atoms with E-state index in [9.17, 15) is 0 Å². The van der Waals surface area contributed by atoms with Crippen LogP contribution in [0.4, 0.5) is 34.1 Å². The van der Waals surface area contributed by atoms with Crippen molar-refractivity contribution in [1.29, 1.82) is 0 Å². The van der Waals surface area contributed by atoms with Crippen molar-refractivity contribution in [3.63, 3.8) is 0 Å². The monoisotopic (exact) mass is 782 g/mol. The zero-order valence-corrected chi connectivity index (χ0v) is 36.9. The molecule has 0 N–H and O–H groups in total. The van der Waals surface area contributed by atoms with E-state index in [0.29, 0.717) is 0 Å². The maximum Gasteiger partial charge on any atom is 0.113 e. The van der Waals surface area contributed by atoms with Gasteiger partial charge in [-0.2, -0.15) is 0 Å². The van der Waals surface area contributed by atoms with E-state index in [2.05, 4.69) is 221 Å². The number of hydrogen-bond donors (Lipinski definition) is 0. The Morgan fingerprint density at radius 3 is 0.862 bits per heavy atom. The van der Waals surface area contributed by atoms with Gasteiger partial charge in [-0.05, 0) is 154 Å². The normalized spacial score (nSPS) is 14.1. The largest absolute Gasteiger partial charge is 0.311 e. The molecule has 284 valence electrons. The minimum absolute atomic E-state index is 1.18. The number of anilines is 6. The van der Waals surface area contributed by atoms with Crippen LogP contribution in [-0.4, -0.2) is 16.1 Å². The highest BCUT2D eigenvalue weighted by Crippen LogP contribution is 2.44. The third-order valence-electron chi connectivity index (χ3n) is 13.1. The first-order valence-corrected chi connectivity index (χ1v) is 26.7. The minimum Gasteiger partial charge on any atom is -0.311 e. The van der Waals surface area contributed by atoms with Crippen molar-refractivity contribution in [1.82, 2.24) is 0 Å². The van der Waals surface area contributed by atoms with Crippen LogP contribution in [0, 0.1) is 27.7 Å². The van der Waals surface area contributed by atoms with Crippen LogP contribution in [-0.2, 0) is 0 Å². The molecule has 0 amide bonds. The topological polar surface area (TPSA) is 6.48 Å². The first-order chi connectivity index (χ1) is 27.9. The van der Waals surface area contributed by atoms with E-state index >= 15 is 0 Å². The second kappa shape index (κ2) is 13.3. The summed E-state index contributed by atoms with van der Waals surface area (Å²) in [5.74, 6) is 0. The first kappa shape index (κ1) is 36.4. The molecule has 0 aromatic heterocycles. The third-order valence-corrected chi connectivity index (χ3v) is 20.2. The summed E-state index contributed by atoms with van der Waals surface area (Å²) < 4.78 is 0. The Hall–Kier alpha value is -5.95. The van der Waals surface area contributed by atoms with E-state index in [1.165, 1.54) is 99.8 Å². The van der Waals surface area contributed by atoms with Gasteiger partial charge in [-0.25, -0.2) is 0 Å². The summed E-state index contributed by atoms with van der Waals surface area (Å²) in [7, 11) is -4.07. The smallest absolute Gasteiger partial charge is 0.113 e. The van der Waals surface area contributed by atoms with Gasteiger partial charge < -0.3 is 9.80 Å². The van der Waals surface area contributed by atoms with Crippen LogP contribution in [0.15, 0.2) is 158 Å². The highest BCUT2D eigenvalue weighted by molar-refractivity contribution is 7.05. The summed E-state index contributed by atoms with van der Waals surface area (Å²) >= 11 is 0. The predicted octanol–water partition coefficient (Wildman–Crippen LogP) is 12.6. The second-order valence-electron chi connectivity index (χ2n) is 17.8. The second-order valence-corrected chi connectivity index (χ2v) is 26.4. The molecule has 4 heteroatoms.